The molecule has 2 aliphatic heterocycles. The van der Waals surface area contributed by atoms with Crippen LogP contribution < -0.4 is 9.47 Å². The van der Waals surface area contributed by atoms with E-state index in [1.54, 1.807) is 7.11 Å². The number of ether oxygens (including phenoxy) is 6. The summed E-state index contributed by atoms with van der Waals surface area (Å²) in [5.74, 6) is 0.597. The van der Waals surface area contributed by atoms with Gasteiger partial charge >= 0.3 is 5.97 Å². The van der Waals surface area contributed by atoms with Crippen LogP contribution in [-0.2, 0) is 29.2 Å². The van der Waals surface area contributed by atoms with Crippen molar-refractivity contribution in [1.82, 2.24) is 0 Å². The van der Waals surface area contributed by atoms with Crippen LogP contribution in [0.4, 0.5) is 0 Å². The summed E-state index contributed by atoms with van der Waals surface area (Å²) in [5.41, 5.74) is 1.14. The fraction of sp³-hybridized carbons (Fsp3) is 0.731. The van der Waals surface area contributed by atoms with Gasteiger partial charge in [0.1, 0.15) is 6.61 Å². The summed E-state index contributed by atoms with van der Waals surface area (Å²) < 4.78 is 36.9. The van der Waals surface area contributed by atoms with Gasteiger partial charge < -0.3 is 33.5 Å². The fourth-order valence-electron chi connectivity index (χ4n) is 6.45. The largest absolute Gasteiger partial charge is 0.493 e. The van der Waals surface area contributed by atoms with Crippen LogP contribution in [0.3, 0.4) is 0 Å². The number of methoxy groups -OCH3 is 1. The van der Waals surface area contributed by atoms with Crippen LogP contribution in [0, 0.1) is 11.3 Å². The van der Waals surface area contributed by atoms with Gasteiger partial charge in [-0.2, -0.15) is 0 Å². The first-order valence-electron chi connectivity index (χ1n) is 12.4. The van der Waals surface area contributed by atoms with Crippen molar-refractivity contribution in [2.45, 2.75) is 69.9 Å². The standard InChI is InChI=1S/C26H36O8/c1-24(2,3)23(28)31-11-9-25-16-7-8-26(32-13-14-33-26)22(25)34-21-18(29-4)6-5-17(20(21)25)19(15-16)30-12-10-27/h5-6,16,19,22,27H,7-15H2,1-4H3/p+1/t16-,19?,22+,25-/m0/s1. The van der Waals surface area contributed by atoms with Crippen molar-refractivity contribution in [3.63, 3.8) is 0 Å². The van der Waals surface area contributed by atoms with Crippen LogP contribution in [0.25, 0.3) is 0 Å². The molecule has 1 saturated heterocycles. The first-order valence-corrected chi connectivity index (χ1v) is 12.4. The van der Waals surface area contributed by atoms with Crippen molar-refractivity contribution in [2.24, 2.45) is 11.3 Å². The molecule has 1 unspecified atom stereocenters. The number of rotatable bonds is 7. The Balaban J connectivity index is 1.60. The Labute approximate surface area is 200 Å². The molecule has 5 rings (SSSR count). The van der Waals surface area contributed by atoms with Gasteiger partial charge in [-0.1, -0.05) is 6.07 Å². The molecule has 0 radical (unpaired) electrons. The number of hydrogen-bond acceptors (Lipinski definition) is 7. The molecule has 1 aromatic carbocycles. The summed E-state index contributed by atoms with van der Waals surface area (Å²) in [5, 5.41) is 7.58. The van der Waals surface area contributed by atoms with Gasteiger partial charge in [-0.15, -0.1) is 0 Å². The SMILES string of the molecule is COc1ccc2c3c1O[C@H]1C4(CC[C@@H](CC2OCC[OH2+])[C@@]31CCOC(=O)C(C)(C)C)OCCO4. The molecule has 8 nitrogen and oxygen atoms in total. The Kier molecular flexibility index (Phi) is 6.07. The minimum atomic E-state index is -0.819. The van der Waals surface area contributed by atoms with Crippen molar-refractivity contribution in [3.05, 3.63) is 23.3 Å². The van der Waals surface area contributed by atoms with Gasteiger partial charge in [0.2, 0.25) is 5.79 Å². The van der Waals surface area contributed by atoms with Crippen LogP contribution in [0.1, 0.15) is 63.7 Å². The molecule has 4 aliphatic rings. The lowest BCUT2D eigenvalue weighted by molar-refractivity contribution is -0.255. The molecule has 2 fully saturated rings. The normalized spacial score (nSPS) is 30.7. The molecule has 0 bridgehead atoms. The highest BCUT2D eigenvalue weighted by Gasteiger charge is 2.69. The summed E-state index contributed by atoms with van der Waals surface area (Å²) in [4.78, 5) is 12.6. The van der Waals surface area contributed by atoms with E-state index >= 15 is 0 Å². The molecule has 2 aliphatic carbocycles. The second-order valence-corrected chi connectivity index (χ2v) is 10.8. The highest BCUT2D eigenvalue weighted by atomic mass is 16.8. The molecule has 1 aromatic rings. The van der Waals surface area contributed by atoms with Crippen molar-refractivity contribution < 1.29 is 38.3 Å². The van der Waals surface area contributed by atoms with Crippen LogP contribution in [-0.4, -0.2) is 63.1 Å². The van der Waals surface area contributed by atoms with E-state index in [9.17, 15) is 4.79 Å². The molecule has 1 saturated carbocycles. The molecule has 1 spiro atoms. The predicted octanol–water partition coefficient (Wildman–Crippen LogP) is 3.01. The maximum absolute atomic E-state index is 12.6. The van der Waals surface area contributed by atoms with Gasteiger partial charge in [0, 0.05) is 17.4 Å². The molecule has 34 heavy (non-hydrogen) atoms. The number of benzene rings is 1. The van der Waals surface area contributed by atoms with E-state index in [0.717, 1.165) is 36.1 Å². The zero-order valence-electron chi connectivity index (χ0n) is 20.6. The van der Waals surface area contributed by atoms with E-state index in [4.69, 9.17) is 33.5 Å². The Morgan fingerprint density at radius 2 is 1.97 bits per heavy atom. The lowest BCUT2D eigenvalue weighted by Gasteiger charge is -2.54. The third-order valence-corrected chi connectivity index (χ3v) is 7.92. The number of carbonyl (C=O) groups excluding carboxylic acids is 1. The van der Waals surface area contributed by atoms with Crippen LogP contribution >= 0.6 is 0 Å². The maximum Gasteiger partial charge on any atom is 0.311 e. The Morgan fingerprint density at radius 1 is 1.21 bits per heavy atom. The lowest BCUT2D eigenvalue weighted by atomic mass is 9.53. The average molecular weight is 478 g/mol. The van der Waals surface area contributed by atoms with Gasteiger partial charge in [-0.3, -0.25) is 4.79 Å². The van der Waals surface area contributed by atoms with E-state index in [2.05, 4.69) is 6.07 Å². The van der Waals surface area contributed by atoms with E-state index in [1.165, 1.54) is 0 Å². The second kappa shape index (κ2) is 8.66. The minimum absolute atomic E-state index is 0.109. The molecule has 8 heteroatoms. The second-order valence-electron chi connectivity index (χ2n) is 10.8. The van der Waals surface area contributed by atoms with Gasteiger partial charge in [0.15, 0.2) is 24.2 Å². The number of esters is 1. The third-order valence-electron chi connectivity index (χ3n) is 7.92. The van der Waals surface area contributed by atoms with Gasteiger partial charge in [-0.25, -0.2) is 0 Å². The Hall–Kier alpha value is -1.87. The van der Waals surface area contributed by atoms with Gasteiger partial charge in [0.05, 0.1) is 38.4 Å². The molecule has 2 N–H and O–H groups in total. The van der Waals surface area contributed by atoms with Crippen LogP contribution in [0.5, 0.6) is 11.5 Å². The average Bonchev–Trinajstić information content (AvgIpc) is 3.42. The van der Waals surface area contributed by atoms with Crippen molar-refractivity contribution in [3.8, 4) is 11.5 Å². The number of hydrogen-bond donors (Lipinski definition) is 0. The molecular weight excluding hydrogens is 440 g/mol. The van der Waals surface area contributed by atoms with Crippen molar-refractivity contribution in [1.29, 1.82) is 0 Å². The summed E-state index contributed by atoms with van der Waals surface area (Å²) in [6.45, 7) is 7.56. The van der Waals surface area contributed by atoms with Crippen molar-refractivity contribution >= 4 is 5.97 Å². The molecule has 0 aromatic heterocycles. The summed E-state index contributed by atoms with van der Waals surface area (Å²) >= 11 is 0. The fourth-order valence-corrected chi connectivity index (χ4v) is 6.45. The number of carbonyl (C=O) groups is 1. The van der Waals surface area contributed by atoms with E-state index in [0.29, 0.717) is 32.0 Å². The molecule has 188 valence electrons. The van der Waals surface area contributed by atoms with Gasteiger partial charge in [0.25, 0.3) is 0 Å². The van der Waals surface area contributed by atoms with Crippen LogP contribution in [0.2, 0.25) is 0 Å². The zero-order chi connectivity index (χ0) is 24.1. The summed E-state index contributed by atoms with van der Waals surface area (Å²) in [6, 6.07) is 3.99. The quantitative estimate of drug-likeness (QED) is 0.440. The monoisotopic (exact) mass is 477 g/mol. The highest BCUT2D eigenvalue weighted by Crippen LogP contribution is 2.66. The van der Waals surface area contributed by atoms with Gasteiger partial charge in [-0.05, 0) is 57.6 Å². The zero-order valence-corrected chi connectivity index (χ0v) is 20.6. The maximum atomic E-state index is 12.6. The first kappa shape index (κ1) is 23.9. The molecule has 4 atom stereocenters. The van der Waals surface area contributed by atoms with Crippen molar-refractivity contribution in [2.75, 3.05) is 40.1 Å². The Bertz CT molecular complexity index is 931. The Morgan fingerprint density at radius 3 is 2.65 bits per heavy atom. The summed E-state index contributed by atoms with van der Waals surface area (Å²) in [6.07, 6.45) is 2.59. The van der Waals surface area contributed by atoms with E-state index in [-0.39, 0.29) is 37.3 Å². The smallest absolute Gasteiger partial charge is 0.311 e. The third kappa shape index (κ3) is 3.53. The molecule has 2 heterocycles. The lowest BCUT2D eigenvalue weighted by Crippen LogP contribution is -2.63. The topological polar surface area (TPSA) is 95.4 Å². The minimum Gasteiger partial charge on any atom is -0.493 e. The number of fused-ring (bicyclic) bond motifs is 1. The highest BCUT2D eigenvalue weighted by molar-refractivity contribution is 5.75. The predicted molar refractivity (Wildman–Crippen MR) is 123 cm³/mol. The summed E-state index contributed by atoms with van der Waals surface area (Å²) in [7, 11) is 1.65. The van der Waals surface area contributed by atoms with E-state index < -0.39 is 16.6 Å². The van der Waals surface area contributed by atoms with Crippen LogP contribution in [0.15, 0.2) is 12.1 Å². The first-order chi connectivity index (χ1) is 16.3. The van der Waals surface area contributed by atoms with E-state index in [1.807, 2.05) is 26.8 Å². The molecular formula is C26H37O8+. The molecule has 0 amide bonds.